The van der Waals surface area contributed by atoms with Gasteiger partial charge in [0, 0.05) is 13.1 Å². The molecule has 34 heavy (non-hydrogen) atoms. The Bertz CT molecular complexity index is 1120. The van der Waals surface area contributed by atoms with Crippen LogP contribution in [0.5, 0.6) is 23.0 Å². The van der Waals surface area contributed by atoms with E-state index in [0.29, 0.717) is 18.8 Å². The average Bonchev–Trinajstić information content (AvgIpc) is 2.83. The molecule has 3 N–H and O–H groups in total. The van der Waals surface area contributed by atoms with Gasteiger partial charge in [0.25, 0.3) is 0 Å². The highest BCUT2D eigenvalue weighted by Gasteiger charge is 2.21. The van der Waals surface area contributed by atoms with Crippen molar-refractivity contribution in [3.05, 3.63) is 82.9 Å². The van der Waals surface area contributed by atoms with Gasteiger partial charge in [-0.05, 0) is 60.9 Å². The molecule has 0 amide bonds. The Morgan fingerprint density at radius 3 is 2.74 bits per heavy atom. The van der Waals surface area contributed by atoms with Gasteiger partial charge in [-0.1, -0.05) is 35.9 Å². The standard InChI is InChI=1S/C26H26ClNO6/c27-22-7-4-8-24(25(22)26(30)31)33-20-11-12-23-17(13-20)9-10-21(34-23)15-28-14-18(29)16-32-19-5-2-1-3-6-19/h1-8,11-13,18,21,28-29H,9-10,14-16H2,(H,30,31)/t18-,21+/m0/s1. The van der Waals surface area contributed by atoms with Crippen LogP contribution in [0.3, 0.4) is 0 Å². The van der Waals surface area contributed by atoms with E-state index in [4.69, 9.17) is 25.8 Å². The van der Waals surface area contributed by atoms with E-state index in [-0.39, 0.29) is 29.0 Å². The summed E-state index contributed by atoms with van der Waals surface area (Å²) in [5, 5.41) is 22.9. The number of benzene rings is 3. The summed E-state index contributed by atoms with van der Waals surface area (Å²) in [4.78, 5) is 11.5. The predicted octanol–water partition coefficient (Wildman–Crippen LogP) is 4.55. The Kier molecular flexibility index (Phi) is 7.90. The number of para-hydroxylation sites is 1. The smallest absolute Gasteiger partial charge is 0.341 e. The average molecular weight is 484 g/mol. The second kappa shape index (κ2) is 11.2. The number of aliphatic hydroxyl groups excluding tert-OH is 1. The molecule has 0 fully saturated rings. The number of aliphatic hydroxyl groups is 1. The highest BCUT2D eigenvalue weighted by molar-refractivity contribution is 6.33. The fourth-order valence-electron chi connectivity index (χ4n) is 3.73. The van der Waals surface area contributed by atoms with Crippen molar-refractivity contribution in [3.63, 3.8) is 0 Å². The summed E-state index contributed by atoms with van der Waals surface area (Å²) in [6, 6.07) is 19.5. The van der Waals surface area contributed by atoms with E-state index in [1.165, 1.54) is 6.07 Å². The maximum atomic E-state index is 11.5. The Hall–Kier alpha value is -3.26. The lowest BCUT2D eigenvalue weighted by Crippen LogP contribution is -2.39. The zero-order valence-corrected chi connectivity index (χ0v) is 19.2. The normalized spacial score (nSPS) is 15.6. The Labute approximate surface area is 202 Å². The van der Waals surface area contributed by atoms with E-state index in [1.807, 2.05) is 42.5 Å². The lowest BCUT2D eigenvalue weighted by atomic mass is 10.0. The van der Waals surface area contributed by atoms with Gasteiger partial charge >= 0.3 is 5.97 Å². The minimum atomic E-state index is -1.14. The van der Waals surface area contributed by atoms with Crippen LogP contribution in [-0.2, 0) is 6.42 Å². The van der Waals surface area contributed by atoms with Crippen LogP contribution >= 0.6 is 11.6 Å². The van der Waals surface area contributed by atoms with E-state index in [0.717, 1.165) is 29.9 Å². The van der Waals surface area contributed by atoms with Gasteiger partial charge in [0.1, 0.15) is 47.4 Å². The molecular weight excluding hydrogens is 458 g/mol. The van der Waals surface area contributed by atoms with Gasteiger partial charge < -0.3 is 29.7 Å². The number of rotatable bonds is 10. The zero-order valence-electron chi connectivity index (χ0n) is 18.4. The number of aryl methyl sites for hydroxylation is 1. The second-order valence-corrected chi connectivity index (χ2v) is 8.41. The first-order chi connectivity index (χ1) is 16.5. The summed E-state index contributed by atoms with van der Waals surface area (Å²) >= 11 is 6.02. The molecule has 7 nitrogen and oxygen atoms in total. The number of carboxylic acid groups (broad SMARTS) is 1. The molecule has 0 saturated heterocycles. The minimum Gasteiger partial charge on any atom is -0.491 e. The first-order valence-electron chi connectivity index (χ1n) is 11.1. The molecule has 0 bridgehead atoms. The molecule has 0 radical (unpaired) electrons. The van der Waals surface area contributed by atoms with Crippen molar-refractivity contribution in [2.45, 2.75) is 25.0 Å². The summed E-state index contributed by atoms with van der Waals surface area (Å²) in [6.07, 6.45) is 0.948. The van der Waals surface area contributed by atoms with E-state index in [2.05, 4.69) is 5.32 Å². The van der Waals surface area contributed by atoms with Crippen molar-refractivity contribution in [2.24, 2.45) is 0 Å². The number of hydrogen-bond acceptors (Lipinski definition) is 6. The predicted molar refractivity (Wildman–Crippen MR) is 128 cm³/mol. The Balaban J connectivity index is 1.27. The molecular formula is C26H26ClNO6. The fraction of sp³-hybridized carbons (Fsp3) is 0.269. The van der Waals surface area contributed by atoms with Gasteiger partial charge in [-0.15, -0.1) is 0 Å². The SMILES string of the molecule is O=C(O)c1c(Cl)cccc1Oc1ccc2c(c1)CC[C@H](CNC[C@H](O)COc1ccccc1)O2. The molecule has 2 atom stereocenters. The van der Waals surface area contributed by atoms with Gasteiger partial charge in [0.15, 0.2) is 0 Å². The molecule has 1 aliphatic rings. The molecule has 0 aromatic heterocycles. The van der Waals surface area contributed by atoms with E-state index >= 15 is 0 Å². The summed E-state index contributed by atoms with van der Waals surface area (Å²) in [5.74, 6) is 1.06. The maximum Gasteiger partial charge on any atom is 0.341 e. The van der Waals surface area contributed by atoms with Crippen LogP contribution in [0.2, 0.25) is 5.02 Å². The summed E-state index contributed by atoms with van der Waals surface area (Å²) in [5.41, 5.74) is 0.921. The molecule has 1 heterocycles. The number of carbonyl (C=O) groups is 1. The van der Waals surface area contributed by atoms with Crippen LogP contribution in [0.25, 0.3) is 0 Å². The number of hydrogen-bond donors (Lipinski definition) is 3. The third kappa shape index (κ3) is 6.20. The van der Waals surface area contributed by atoms with Crippen molar-refractivity contribution in [1.29, 1.82) is 0 Å². The van der Waals surface area contributed by atoms with Crippen molar-refractivity contribution >= 4 is 17.6 Å². The lowest BCUT2D eigenvalue weighted by molar-refractivity contribution is 0.0694. The number of aromatic carboxylic acids is 1. The van der Waals surface area contributed by atoms with Crippen LogP contribution in [0.15, 0.2) is 66.7 Å². The highest BCUT2D eigenvalue weighted by atomic mass is 35.5. The number of ether oxygens (including phenoxy) is 3. The van der Waals surface area contributed by atoms with Crippen LogP contribution in [0.1, 0.15) is 22.3 Å². The fourth-order valence-corrected chi connectivity index (χ4v) is 3.98. The molecule has 4 rings (SSSR count). The van der Waals surface area contributed by atoms with E-state index in [9.17, 15) is 15.0 Å². The number of halogens is 1. The molecule has 178 valence electrons. The maximum absolute atomic E-state index is 11.5. The largest absolute Gasteiger partial charge is 0.491 e. The van der Waals surface area contributed by atoms with Crippen molar-refractivity contribution in [1.82, 2.24) is 5.32 Å². The van der Waals surface area contributed by atoms with E-state index in [1.54, 1.807) is 18.2 Å². The summed E-state index contributed by atoms with van der Waals surface area (Å²) < 4.78 is 17.5. The number of fused-ring (bicyclic) bond motifs is 1. The summed E-state index contributed by atoms with van der Waals surface area (Å²) in [7, 11) is 0. The lowest BCUT2D eigenvalue weighted by Gasteiger charge is -2.27. The van der Waals surface area contributed by atoms with Gasteiger partial charge in [-0.2, -0.15) is 0 Å². The molecule has 3 aromatic carbocycles. The number of carboxylic acids is 1. The van der Waals surface area contributed by atoms with Gasteiger partial charge in [-0.3, -0.25) is 0 Å². The Morgan fingerprint density at radius 2 is 1.94 bits per heavy atom. The van der Waals surface area contributed by atoms with Crippen LogP contribution in [-0.4, -0.2) is 48.1 Å². The summed E-state index contributed by atoms with van der Waals surface area (Å²) in [6.45, 7) is 1.22. The third-order valence-electron chi connectivity index (χ3n) is 5.42. The van der Waals surface area contributed by atoms with Crippen molar-refractivity contribution < 1.29 is 29.2 Å². The molecule has 0 aliphatic carbocycles. The van der Waals surface area contributed by atoms with Crippen molar-refractivity contribution in [3.8, 4) is 23.0 Å². The highest BCUT2D eigenvalue weighted by Crippen LogP contribution is 2.35. The quantitative estimate of drug-likeness (QED) is 0.389. The first kappa shape index (κ1) is 23.9. The van der Waals surface area contributed by atoms with Crippen LogP contribution < -0.4 is 19.5 Å². The Morgan fingerprint density at radius 1 is 1.12 bits per heavy atom. The molecule has 8 heteroatoms. The zero-order chi connectivity index (χ0) is 23.9. The molecule has 0 saturated carbocycles. The minimum absolute atomic E-state index is 0.0203. The van der Waals surface area contributed by atoms with Crippen LogP contribution in [0, 0.1) is 0 Å². The van der Waals surface area contributed by atoms with Crippen LogP contribution in [0.4, 0.5) is 0 Å². The topological polar surface area (TPSA) is 97.3 Å². The van der Waals surface area contributed by atoms with Gasteiger partial charge in [-0.25, -0.2) is 4.79 Å². The molecule has 3 aromatic rings. The molecule has 1 aliphatic heterocycles. The van der Waals surface area contributed by atoms with Gasteiger partial charge in [0.2, 0.25) is 0 Å². The molecule has 0 unspecified atom stereocenters. The number of nitrogens with one attached hydrogen (secondary N) is 1. The van der Waals surface area contributed by atoms with E-state index < -0.39 is 12.1 Å². The van der Waals surface area contributed by atoms with Gasteiger partial charge in [0.05, 0.1) is 5.02 Å². The third-order valence-corrected chi connectivity index (χ3v) is 5.73. The second-order valence-electron chi connectivity index (χ2n) is 8.00. The van der Waals surface area contributed by atoms with Crippen molar-refractivity contribution in [2.75, 3.05) is 19.7 Å². The first-order valence-corrected chi connectivity index (χ1v) is 11.4. The monoisotopic (exact) mass is 483 g/mol. The molecule has 0 spiro atoms.